The van der Waals surface area contributed by atoms with Crippen LogP contribution in [0.2, 0.25) is 5.02 Å². The number of piperidine rings is 1. The quantitative estimate of drug-likeness (QED) is 0.267. The molecule has 2 amide bonds. The Hall–Kier alpha value is -4.10. The van der Waals surface area contributed by atoms with Crippen LogP contribution < -0.4 is 10.1 Å². The Balaban J connectivity index is 0.00000145. The van der Waals surface area contributed by atoms with Crippen molar-refractivity contribution in [3.8, 4) is 5.75 Å². The second-order valence-electron chi connectivity index (χ2n) is 12.1. The zero-order chi connectivity index (χ0) is 34.2. The minimum absolute atomic E-state index is 0.0216. The second kappa shape index (κ2) is 16.3. The molecule has 3 heterocycles. The first kappa shape index (κ1) is 35.2. The van der Waals surface area contributed by atoms with E-state index in [1.54, 1.807) is 30.3 Å². The van der Waals surface area contributed by atoms with Crippen LogP contribution >= 0.6 is 11.6 Å². The summed E-state index contributed by atoms with van der Waals surface area (Å²) < 4.78 is 41.5. The molecule has 0 saturated carbocycles. The Kier molecular flexibility index (Phi) is 12.0. The number of ether oxygens (including phenoxy) is 1. The van der Waals surface area contributed by atoms with Crippen molar-refractivity contribution in [3.63, 3.8) is 0 Å². The highest BCUT2D eigenvalue weighted by molar-refractivity contribution is 7.51. The van der Waals surface area contributed by atoms with Gasteiger partial charge in [-0.15, -0.1) is 0 Å². The van der Waals surface area contributed by atoms with Crippen molar-refractivity contribution >= 4 is 46.0 Å². The first-order chi connectivity index (χ1) is 23.2. The summed E-state index contributed by atoms with van der Waals surface area (Å²) >= 11 is 5.54. The summed E-state index contributed by atoms with van der Waals surface area (Å²) in [5.74, 6) is -0.177. The predicted octanol–water partition coefficient (Wildman–Crippen LogP) is 5.22. The molecular weight excluding hydrogens is 659 g/mol. The number of piperazine rings is 1. The summed E-state index contributed by atoms with van der Waals surface area (Å²) in [6, 6.07) is 18.3. The molecule has 0 radical (unpaired) electrons. The van der Waals surface area contributed by atoms with Gasteiger partial charge in [0.05, 0.1) is 7.11 Å². The third-order valence-electron chi connectivity index (χ3n) is 8.83. The Labute approximate surface area is 287 Å². The van der Waals surface area contributed by atoms with Gasteiger partial charge in [-0.1, -0.05) is 29.8 Å². The molecule has 13 heteroatoms. The molecule has 0 atom stereocenters. The van der Waals surface area contributed by atoms with Gasteiger partial charge >= 0.3 is 11.6 Å². The van der Waals surface area contributed by atoms with Crippen molar-refractivity contribution in [1.82, 2.24) is 20.0 Å². The molecule has 48 heavy (non-hydrogen) atoms. The van der Waals surface area contributed by atoms with E-state index < -0.39 is 11.6 Å². The number of hydrogen-bond donors (Lipinski definition) is 1. The number of nitrogens with zero attached hydrogens (tertiary/aromatic N) is 3. The van der Waals surface area contributed by atoms with Gasteiger partial charge in [-0.05, 0) is 78.9 Å². The van der Waals surface area contributed by atoms with E-state index in [4.69, 9.17) is 29.2 Å². The van der Waals surface area contributed by atoms with E-state index in [0.29, 0.717) is 30.8 Å². The van der Waals surface area contributed by atoms with Crippen molar-refractivity contribution in [1.29, 1.82) is 0 Å². The lowest BCUT2D eigenvalue weighted by Crippen LogP contribution is -2.48. The zero-order valence-electron chi connectivity index (χ0n) is 26.9. The number of methoxy groups -OCH3 is 1. The van der Waals surface area contributed by atoms with Crippen LogP contribution in [0, 0.1) is 12.7 Å². The first-order valence-electron chi connectivity index (χ1n) is 15.7. The molecule has 2 saturated heterocycles. The standard InChI is InChI=1S/C35H38ClFN4O4.O2S/c1-23-3-4-24(17-29(23)36)21-40-13-15-41(16-14-40)35(43)26-6-8-31-27(19-26)20-33(45-31)34(42)38-28-9-11-39(12-10-28)22-25-5-7-32(44-2)30(37)18-25;1-3-2/h3-8,17-20,28H,9-16,21-22H2,1-2H3,(H,38,42);. The Bertz CT molecular complexity index is 1800. The van der Waals surface area contributed by atoms with Crippen LogP contribution in [0.15, 0.2) is 65.1 Å². The number of fused-ring (bicyclic) bond motifs is 1. The van der Waals surface area contributed by atoms with E-state index in [2.05, 4.69) is 21.2 Å². The van der Waals surface area contributed by atoms with E-state index in [1.165, 1.54) is 18.7 Å². The fourth-order valence-corrected chi connectivity index (χ4v) is 6.33. The molecule has 6 rings (SSSR count). The first-order valence-corrected chi connectivity index (χ1v) is 16.8. The number of halogens is 2. The minimum Gasteiger partial charge on any atom is -0.494 e. The maximum absolute atomic E-state index is 14.1. The molecule has 3 aromatic carbocycles. The lowest BCUT2D eigenvalue weighted by molar-refractivity contribution is 0.0628. The lowest BCUT2D eigenvalue weighted by Gasteiger charge is -2.34. The van der Waals surface area contributed by atoms with Crippen molar-refractivity contribution in [2.45, 2.75) is 38.9 Å². The van der Waals surface area contributed by atoms with Gasteiger partial charge in [0.1, 0.15) is 5.58 Å². The zero-order valence-corrected chi connectivity index (χ0v) is 28.4. The molecule has 0 aliphatic carbocycles. The van der Waals surface area contributed by atoms with Gasteiger partial charge < -0.3 is 19.4 Å². The third-order valence-corrected chi connectivity index (χ3v) is 9.24. The number of benzene rings is 3. The van der Waals surface area contributed by atoms with E-state index in [0.717, 1.165) is 67.1 Å². The summed E-state index contributed by atoms with van der Waals surface area (Å²) in [4.78, 5) is 32.9. The number of carbonyl (C=O) groups is 2. The van der Waals surface area contributed by atoms with Crippen molar-refractivity contribution in [2.24, 2.45) is 0 Å². The van der Waals surface area contributed by atoms with Crippen LogP contribution in [-0.2, 0) is 24.7 Å². The van der Waals surface area contributed by atoms with Gasteiger partial charge in [0.25, 0.3) is 11.8 Å². The lowest BCUT2D eigenvalue weighted by atomic mass is 10.0. The fraction of sp³-hybridized carbons (Fsp3) is 0.371. The number of nitrogens with one attached hydrogen (secondary N) is 1. The average molecular weight is 697 g/mol. The van der Waals surface area contributed by atoms with Crippen LogP contribution in [0.3, 0.4) is 0 Å². The van der Waals surface area contributed by atoms with Crippen molar-refractivity contribution in [2.75, 3.05) is 46.4 Å². The molecule has 1 N–H and O–H groups in total. The predicted molar refractivity (Wildman–Crippen MR) is 181 cm³/mol. The molecule has 0 spiro atoms. The van der Waals surface area contributed by atoms with Gasteiger partial charge in [-0.3, -0.25) is 19.4 Å². The molecule has 2 aliphatic heterocycles. The van der Waals surface area contributed by atoms with E-state index in [9.17, 15) is 14.0 Å². The average Bonchev–Trinajstić information content (AvgIpc) is 3.52. The Morgan fingerprint density at radius 1 is 0.917 bits per heavy atom. The maximum Gasteiger partial charge on any atom is 0.335 e. The smallest absolute Gasteiger partial charge is 0.335 e. The van der Waals surface area contributed by atoms with Crippen LogP contribution in [0.1, 0.15) is 50.4 Å². The normalized spacial score (nSPS) is 15.9. The summed E-state index contributed by atoms with van der Waals surface area (Å²) in [5, 5.41) is 4.60. The molecular formula is C35H38ClFN4O6S. The van der Waals surface area contributed by atoms with Crippen LogP contribution in [0.25, 0.3) is 11.0 Å². The molecule has 254 valence electrons. The monoisotopic (exact) mass is 696 g/mol. The van der Waals surface area contributed by atoms with Gasteiger partial charge in [-0.2, -0.15) is 8.42 Å². The SMILES string of the molecule is COc1ccc(CN2CCC(NC(=O)c3cc4cc(C(=O)N5CCN(Cc6ccc(C)c(Cl)c6)CC5)ccc4o3)CC2)cc1F.O=S=O. The van der Waals surface area contributed by atoms with Gasteiger partial charge in [0.15, 0.2) is 17.3 Å². The van der Waals surface area contributed by atoms with Crippen LogP contribution in [0.4, 0.5) is 4.39 Å². The highest BCUT2D eigenvalue weighted by Gasteiger charge is 2.25. The van der Waals surface area contributed by atoms with Crippen molar-refractivity contribution < 1.29 is 31.6 Å². The topological polar surface area (TPSA) is 112 Å². The molecule has 0 bridgehead atoms. The molecule has 10 nitrogen and oxygen atoms in total. The Morgan fingerprint density at radius 2 is 1.56 bits per heavy atom. The number of furan rings is 1. The number of rotatable bonds is 8. The number of hydrogen-bond acceptors (Lipinski definition) is 8. The Morgan fingerprint density at radius 3 is 2.21 bits per heavy atom. The molecule has 2 fully saturated rings. The molecule has 4 aromatic rings. The fourth-order valence-electron chi connectivity index (χ4n) is 6.13. The van der Waals surface area contributed by atoms with Crippen LogP contribution in [-0.4, -0.2) is 87.4 Å². The second-order valence-corrected chi connectivity index (χ2v) is 12.6. The van der Waals surface area contributed by atoms with E-state index in [1.807, 2.05) is 30.0 Å². The summed E-state index contributed by atoms with van der Waals surface area (Å²) in [6.45, 7) is 7.88. The van der Waals surface area contributed by atoms with Crippen LogP contribution in [0.5, 0.6) is 5.75 Å². The van der Waals surface area contributed by atoms with E-state index in [-0.39, 0.29) is 35.2 Å². The highest BCUT2D eigenvalue weighted by atomic mass is 35.5. The molecule has 1 aromatic heterocycles. The molecule has 0 unspecified atom stereocenters. The highest BCUT2D eigenvalue weighted by Crippen LogP contribution is 2.24. The maximum atomic E-state index is 14.1. The van der Waals surface area contributed by atoms with Gasteiger partial charge in [-0.25, -0.2) is 4.39 Å². The van der Waals surface area contributed by atoms with Crippen molar-refractivity contribution in [3.05, 3.63) is 99.5 Å². The number of carbonyl (C=O) groups excluding carboxylic acids is 2. The van der Waals surface area contributed by atoms with E-state index >= 15 is 0 Å². The number of aryl methyl sites for hydroxylation is 1. The van der Waals surface area contributed by atoms with Gasteiger partial charge in [0, 0.05) is 74.4 Å². The molecule has 2 aliphatic rings. The summed E-state index contributed by atoms with van der Waals surface area (Å²) in [6.07, 6.45) is 1.57. The number of likely N-dealkylation sites (tertiary alicyclic amines) is 1. The summed E-state index contributed by atoms with van der Waals surface area (Å²) in [5.41, 5.74) is 4.28. The van der Waals surface area contributed by atoms with Gasteiger partial charge in [0.2, 0.25) is 0 Å². The summed E-state index contributed by atoms with van der Waals surface area (Å²) in [7, 11) is 1.45. The largest absolute Gasteiger partial charge is 0.494 e. The minimum atomic E-state index is -0.750. The number of amides is 2. The third kappa shape index (κ3) is 8.87.